The molecule has 1 aliphatic carbocycles. The highest BCUT2D eigenvalue weighted by Crippen LogP contribution is 2.39. The van der Waals surface area contributed by atoms with Crippen LogP contribution in [0, 0.1) is 0 Å². The summed E-state index contributed by atoms with van der Waals surface area (Å²) in [5.41, 5.74) is 0.956. The van der Waals surface area contributed by atoms with Gasteiger partial charge >= 0.3 is 5.97 Å². The zero-order valence-corrected chi connectivity index (χ0v) is 12.4. The molecule has 6 heteroatoms. The molecule has 1 heterocycles. The Balaban J connectivity index is 1.80. The lowest BCUT2D eigenvalue weighted by molar-refractivity contribution is -0.138. The molecule has 1 saturated carbocycles. The second-order valence-electron chi connectivity index (χ2n) is 5.49. The summed E-state index contributed by atoms with van der Waals surface area (Å²) in [6, 6.07) is 4.12. The molecule has 0 atom stereocenters. The zero-order chi connectivity index (χ0) is 14.8. The third kappa shape index (κ3) is 3.60. The van der Waals surface area contributed by atoms with Gasteiger partial charge in [-0.05, 0) is 30.5 Å². The normalized spacial score (nSPS) is 17.6. The lowest BCUT2D eigenvalue weighted by Gasteiger charge is -2.20. The van der Waals surface area contributed by atoms with Crippen LogP contribution in [0.4, 0.5) is 0 Å². The van der Waals surface area contributed by atoms with Crippen LogP contribution in [-0.2, 0) is 11.3 Å². The minimum Gasteiger partial charge on any atom is -0.489 e. The highest BCUT2D eigenvalue weighted by Gasteiger charge is 2.30. The Kier molecular flexibility index (Phi) is 4.22. The number of nitrogens with zero attached hydrogens (tertiary/aromatic N) is 1. The maximum absolute atomic E-state index is 11.0. The van der Waals surface area contributed by atoms with Gasteiger partial charge in [0.2, 0.25) is 0 Å². The van der Waals surface area contributed by atoms with E-state index >= 15 is 0 Å². The summed E-state index contributed by atoms with van der Waals surface area (Å²) in [5.74, 6) is 0.442. The molecule has 0 saturated heterocycles. The molecular formula is C15H18ClNO4. The molecule has 3 rings (SSSR count). The third-order valence-corrected chi connectivity index (χ3v) is 3.93. The van der Waals surface area contributed by atoms with E-state index in [1.54, 1.807) is 0 Å². The predicted octanol–water partition coefficient (Wildman–Crippen LogP) is 2.55. The van der Waals surface area contributed by atoms with Gasteiger partial charge in [0, 0.05) is 19.0 Å². The van der Waals surface area contributed by atoms with Crippen LogP contribution in [0.2, 0.25) is 5.02 Å². The number of carboxylic acids is 1. The number of carbonyl (C=O) groups is 1. The van der Waals surface area contributed by atoms with Crippen molar-refractivity contribution in [2.45, 2.75) is 31.8 Å². The number of aliphatic carboxylic acids is 1. The molecule has 0 bridgehead atoms. The highest BCUT2D eigenvalue weighted by molar-refractivity contribution is 6.32. The molecule has 2 aliphatic rings. The molecule has 5 nitrogen and oxygen atoms in total. The standard InChI is InChI=1S/C15H18ClNO4/c16-12-6-10(7-13-15(12)21-5-1-4-20-13)8-17(9-14(18)19)11-2-3-11/h6-7,11H,1-5,8-9H2,(H,18,19). The number of hydrogen-bond acceptors (Lipinski definition) is 4. The summed E-state index contributed by atoms with van der Waals surface area (Å²) >= 11 is 6.26. The summed E-state index contributed by atoms with van der Waals surface area (Å²) in [6.45, 7) is 1.82. The molecule has 0 radical (unpaired) electrons. The van der Waals surface area contributed by atoms with Crippen molar-refractivity contribution in [2.24, 2.45) is 0 Å². The van der Waals surface area contributed by atoms with Crippen molar-refractivity contribution in [1.82, 2.24) is 4.90 Å². The lowest BCUT2D eigenvalue weighted by atomic mass is 10.2. The van der Waals surface area contributed by atoms with Crippen molar-refractivity contribution in [1.29, 1.82) is 0 Å². The number of carboxylic acid groups (broad SMARTS) is 1. The average Bonchev–Trinajstić information content (AvgIpc) is 3.24. The van der Waals surface area contributed by atoms with Crippen LogP contribution < -0.4 is 9.47 Å². The average molecular weight is 312 g/mol. The Morgan fingerprint density at radius 1 is 1.33 bits per heavy atom. The number of fused-ring (bicyclic) bond motifs is 1. The molecular weight excluding hydrogens is 294 g/mol. The molecule has 0 unspecified atom stereocenters. The summed E-state index contributed by atoms with van der Waals surface area (Å²) < 4.78 is 11.3. The van der Waals surface area contributed by atoms with Gasteiger partial charge in [0.25, 0.3) is 0 Å². The number of benzene rings is 1. The first-order chi connectivity index (χ1) is 10.1. The molecule has 1 aromatic carbocycles. The summed E-state index contributed by atoms with van der Waals surface area (Å²) in [5, 5.41) is 9.53. The molecule has 114 valence electrons. The van der Waals surface area contributed by atoms with E-state index in [0.717, 1.165) is 24.8 Å². The first kappa shape index (κ1) is 14.5. The number of ether oxygens (including phenoxy) is 2. The minimum absolute atomic E-state index is 0.0523. The Hall–Kier alpha value is -1.46. The first-order valence-electron chi connectivity index (χ1n) is 7.17. The molecule has 0 amide bonds. The van der Waals surface area contributed by atoms with Gasteiger partial charge in [0.05, 0.1) is 24.8 Å². The van der Waals surface area contributed by atoms with Gasteiger partial charge in [-0.2, -0.15) is 0 Å². The SMILES string of the molecule is O=C(O)CN(Cc1cc(Cl)c2c(c1)OCCCO2)C1CC1. The van der Waals surface area contributed by atoms with E-state index in [-0.39, 0.29) is 6.54 Å². The van der Waals surface area contributed by atoms with E-state index in [9.17, 15) is 4.79 Å². The molecule has 1 fully saturated rings. The van der Waals surface area contributed by atoms with Crippen molar-refractivity contribution in [3.63, 3.8) is 0 Å². The van der Waals surface area contributed by atoms with Crippen molar-refractivity contribution in [3.05, 3.63) is 22.7 Å². The molecule has 21 heavy (non-hydrogen) atoms. The fourth-order valence-electron chi connectivity index (χ4n) is 2.54. The van der Waals surface area contributed by atoms with Crippen LogP contribution in [0.25, 0.3) is 0 Å². The minimum atomic E-state index is -0.803. The van der Waals surface area contributed by atoms with Crippen molar-refractivity contribution in [2.75, 3.05) is 19.8 Å². The van der Waals surface area contributed by atoms with E-state index in [4.69, 9.17) is 26.2 Å². The van der Waals surface area contributed by atoms with E-state index in [1.807, 2.05) is 17.0 Å². The van der Waals surface area contributed by atoms with E-state index in [2.05, 4.69) is 0 Å². The fourth-order valence-corrected chi connectivity index (χ4v) is 2.83. The molecule has 1 aromatic rings. The second kappa shape index (κ2) is 6.12. The van der Waals surface area contributed by atoms with Crippen molar-refractivity contribution in [3.8, 4) is 11.5 Å². The molecule has 0 spiro atoms. The highest BCUT2D eigenvalue weighted by atomic mass is 35.5. The van der Waals surface area contributed by atoms with Gasteiger partial charge in [-0.15, -0.1) is 0 Å². The maximum Gasteiger partial charge on any atom is 0.317 e. The topological polar surface area (TPSA) is 59.0 Å². The van der Waals surface area contributed by atoms with Gasteiger partial charge in [-0.25, -0.2) is 0 Å². The number of rotatable bonds is 5. The third-order valence-electron chi connectivity index (χ3n) is 3.65. The second-order valence-corrected chi connectivity index (χ2v) is 5.89. The number of hydrogen-bond donors (Lipinski definition) is 1. The van der Waals surface area contributed by atoms with Gasteiger partial charge in [-0.1, -0.05) is 11.6 Å². The Morgan fingerprint density at radius 3 is 2.81 bits per heavy atom. The van der Waals surface area contributed by atoms with Crippen LogP contribution in [-0.4, -0.2) is 41.8 Å². The molecule has 1 N–H and O–H groups in total. The summed E-state index contributed by atoms with van der Waals surface area (Å²) in [4.78, 5) is 12.9. The largest absolute Gasteiger partial charge is 0.489 e. The van der Waals surface area contributed by atoms with Crippen LogP contribution in [0.5, 0.6) is 11.5 Å². The first-order valence-corrected chi connectivity index (χ1v) is 7.55. The monoisotopic (exact) mass is 311 g/mol. The van der Waals surface area contributed by atoms with E-state index in [1.165, 1.54) is 0 Å². The Labute approximate surface area is 128 Å². The quantitative estimate of drug-likeness (QED) is 0.905. The van der Waals surface area contributed by atoms with E-state index in [0.29, 0.717) is 42.3 Å². The van der Waals surface area contributed by atoms with E-state index < -0.39 is 5.97 Å². The van der Waals surface area contributed by atoms with Gasteiger partial charge in [0.1, 0.15) is 0 Å². The Bertz CT molecular complexity index is 545. The van der Waals surface area contributed by atoms with Crippen LogP contribution in [0.3, 0.4) is 0 Å². The summed E-state index contributed by atoms with van der Waals surface area (Å²) in [6.07, 6.45) is 2.95. The lowest BCUT2D eigenvalue weighted by Crippen LogP contribution is -2.31. The predicted molar refractivity (Wildman–Crippen MR) is 78.1 cm³/mol. The van der Waals surface area contributed by atoms with Crippen molar-refractivity contribution >= 4 is 17.6 Å². The molecule has 0 aromatic heterocycles. The van der Waals surface area contributed by atoms with Gasteiger partial charge < -0.3 is 14.6 Å². The smallest absolute Gasteiger partial charge is 0.317 e. The Morgan fingerprint density at radius 2 is 2.10 bits per heavy atom. The van der Waals surface area contributed by atoms with Crippen molar-refractivity contribution < 1.29 is 19.4 Å². The fraction of sp³-hybridized carbons (Fsp3) is 0.533. The zero-order valence-electron chi connectivity index (χ0n) is 11.7. The number of halogens is 1. The maximum atomic E-state index is 11.0. The van der Waals surface area contributed by atoms with Crippen LogP contribution in [0.15, 0.2) is 12.1 Å². The van der Waals surface area contributed by atoms with Crippen LogP contribution in [0.1, 0.15) is 24.8 Å². The summed E-state index contributed by atoms with van der Waals surface area (Å²) in [7, 11) is 0. The molecule has 1 aliphatic heterocycles. The van der Waals surface area contributed by atoms with Crippen LogP contribution >= 0.6 is 11.6 Å². The van der Waals surface area contributed by atoms with Gasteiger partial charge in [-0.3, -0.25) is 9.69 Å². The van der Waals surface area contributed by atoms with Gasteiger partial charge in [0.15, 0.2) is 11.5 Å².